The molecule has 0 spiro atoms. The molecule has 2 heterocycles. The first-order valence-electron chi connectivity index (χ1n) is 9.49. The lowest BCUT2D eigenvalue weighted by Gasteiger charge is -2.18. The zero-order chi connectivity index (χ0) is 17.6. The Labute approximate surface area is 154 Å². The molecule has 0 saturated carbocycles. The van der Waals surface area contributed by atoms with Gasteiger partial charge < -0.3 is 4.52 Å². The lowest BCUT2D eigenvalue weighted by Crippen LogP contribution is -2.24. The van der Waals surface area contributed by atoms with Gasteiger partial charge in [0.05, 0.1) is 6.54 Å². The van der Waals surface area contributed by atoms with Crippen molar-refractivity contribution in [3.8, 4) is 0 Å². The van der Waals surface area contributed by atoms with Gasteiger partial charge >= 0.3 is 0 Å². The molecule has 1 aliphatic rings. The summed E-state index contributed by atoms with van der Waals surface area (Å²) in [5.74, 6) is 2.16. The van der Waals surface area contributed by atoms with Gasteiger partial charge in [0, 0.05) is 6.42 Å². The van der Waals surface area contributed by atoms with E-state index in [0.717, 1.165) is 37.8 Å². The monoisotopic (exact) mass is 347 g/mol. The second-order valence-electron chi connectivity index (χ2n) is 7.08. The average molecular weight is 347 g/mol. The van der Waals surface area contributed by atoms with Crippen LogP contribution < -0.4 is 0 Å². The molecule has 0 bridgehead atoms. The van der Waals surface area contributed by atoms with E-state index in [0.29, 0.717) is 5.92 Å². The molecule has 0 N–H and O–H groups in total. The van der Waals surface area contributed by atoms with Gasteiger partial charge in [0.1, 0.15) is 0 Å². The summed E-state index contributed by atoms with van der Waals surface area (Å²) >= 11 is 0. The van der Waals surface area contributed by atoms with Crippen molar-refractivity contribution >= 4 is 0 Å². The van der Waals surface area contributed by atoms with Crippen molar-refractivity contribution in [3.05, 3.63) is 83.5 Å². The quantitative estimate of drug-likeness (QED) is 0.685. The first-order chi connectivity index (χ1) is 12.9. The van der Waals surface area contributed by atoms with Crippen molar-refractivity contribution in [3.63, 3.8) is 0 Å². The number of likely N-dealkylation sites (tertiary alicyclic amines) is 1. The van der Waals surface area contributed by atoms with Gasteiger partial charge in [-0.15, -0.1) is 0 Å². The summed E-state index contributed by atoms with van der Waals surface area (Å²) in [6, 6.07) is 21.2. The first-order valence-corrected chi connectivity index (χ1v) is 9.49. The minimum atomic E-state index is 0.664. The lowest BCUT2D eigenvalue weighted by atomic mass is 9.92. The Hall–Kier alpha value is -2.46. The minimum Gasteiger partial charge on any atom is -0.338 e. The number of hydrogen-bond acceptors (Lipinski definition) is 4. The summed E-state index contributed by atoms with van der Waals surface area (Å²) in [4.78, 5) is 7.04. The van der Waals surface area contributed by atoms with Crippen molar-refractivity contribution in [2.45, 2.75) is 38.1 Å². The van der Waals surface area contributed by atoms with Crippen LogP contribution in [0.15, 0.2) is 65.2 Å². The van der Waals surface area contributed by atoms with E-state index in [1.165, 1.54) is 30.4 Å². The molecule has 0 radical (unpaired) electrons. The molecule has 1 fully saturated rings. The predicted molar refractivity (Wildman–Crippen MR) is 102 cm³/mol. The van der Waals surface area contributed by atoms with Crippen LogP contribution in [0.5, 0.6) is 0 Å². The van der Waals surface area contributed by atoms with Gasteiger partial charge in [-0.2, -0.15) is 4.98 Å². The van der Waals surface area contributed by atoms with Crippen molar-refractivity contribution in [1.29, 1.82) is 0 Å². The Balaban J connectivity index is 1.33. The van der Waals surface area contributed by atoms with Gasteiger partial charge in [-0.05, 0) is 49.4 Å². The smallest absolute Gasteiger partial charge is 0.240 e. The van der Waals surface area contributed by atoms with Gasteiger partial charge in [0.15, 0.2) is 5.82 Å². The first kappa shape index (κ1) is 17.0. The third kappa shape index (κ3) is 4.38. The normalized spacial score (nSPS) is 18.5. The van der Waals surface area contributed by atoms with Gasteiger partial charge in [-0.1, -0.05) is 65.8 Å². The van der Waals surface area contributed by atoms with Crippen LogP contribution in [0, 0.1) is 0 Å². The lowest BCUT2D eigenvalue weighted by molar-refractivity contribution is 0.233. The number of benzene rings is 2. The van der Waals surface area contributed by atoms with Crippen LogP contribution in [-0.2, 0) is 13.0 Å². The SMILES string of the molecule is c1ccc(Cc2noc(CN3CCCC(c4ccccc4)CC3)n2)cc1. The van der Waals surface area contributed by atoms with Gasteiger partial charge in [0.2, 0.25) is 5.89 Å². The summed E-state index contributed by atoms with van der Waals surface area (Å²) in [6.07, 6.45) is 4.38. The molecule has 4 heteroatoms. The average Bonchev–Trinajstić information content (AvgIpc) is 2.98. The number of hydrogen-bond donors (Lipinski definition) is 0. The molecule has 1 saturated heterocycles. The zero-order valence-electron chi connectivity index (χ0n) is 15.1. The number of rotatable bonds is 5. The Morgan fingerprint density at radius 1 is 0.923 bits per heavy atom. The molecule has 1 unspecified atom stereocenters. The molecule has 1 aromatic heterocycles. The van der Waals surface area contributed by atoms with Crippen LogP contribution in [0.2, 0.25) is 0 Å². The molecule has 26 heavy (non-hydrogen) atoms. The molecule has 0 aliphatic carbocycles. The molecular weight excluding hydrogens is 322 g/mol. The maximum Gasteiger partial charge on any atom is 0.240 e. The van der Waals surface area contributed by atoms with Crippen LogP contribution in [0.3, 0.4) is 0 Å². The van der Waals surface area contributed by atoms with E-state index in [9.17, 15) is 0 Å². The molecule has 4 rings (SSSR count). The minimum absolute atomic E-state index is 0.664. The molecule has 0 amide bonds. The molecule has 1 aliphatic heterocycles. The van der Waals surface area contributed by atoms with E-state index >= 15 is 0 Å². The third-order valence-corrected chi connectivity index (χ3v) is 5.17. The van der Waals surface area contributed by atoms with E-state index in [1.807, 2.05) is 18.2 Å². The zero-order valence-corrected chi connectivity index (χ0v) is 15.1. The van der Waals surface area contributed by atoms with Crippen molar-refractivity contribution in [2.75, 3.05) is 13.1 Å². The summed E-state index contributed by atoms with van der Waals surface area (Å²) < 4.78 is 5.49. The molecular formula is C22H25N3O. The predicted octanol–water partition coefficient (Wildman–Crippen LogP) is 4.43. The summed E-state index contributed by atoms with van der Waals surface area (Å²) in [6.45, 7) is 2.93. The summed E-state index contributed by atoms with van der Waals surface area (Å²) in [5.41, 5.74) is 2.68. The third-order valence-electron chi connectivity index (χ3n) is 5.17. The highest BCUT2D eigenvalue weighted by Gasteiger charge is 2.20. The van der Waals surface area contributed by atoms with E-state index in [2.05, 4.69) is 57.5 Å². The van der Waals surface area contributed by atoms with Crippen molar-refractivity contribution in [1.82, 2.24) is 15.0 Å². The largest absolute Gasteiger partial charge is 0.338 e. The Morgan fingerprint density at radius 2 is 1.69 bits per heavy atom. The Morgan fingerprint density at radius 3 is 2.50 bits per heavy atom. The van der Waals surface area contributed by atoms with Crippen LogP contribution in [0.1, 0.15) is 48.0 Å². The van der Waals surface area contributed by atoms with Crippen molar-refractivity contribution < 1.29 is 4.52 Å². The highest BCUT2D eigenvalue weighted by atomic mass is 16.5. The van der Waals surface area contributed by atoms with E-state index in [-0.39, 0.29) is 0 Å². The molecule has 2 aromatic carbocycles. The molecule has 134 valence electrons. The summed E-state index contributed by atoms with van der Waals surface area (Å²) in [7, 11) is 0. The highest BCUT2D eigenvalue weighted by Crippen LogP contribution is 2.28. The number of aromatic nitrogens is 2. The standard InChI is InChI=1S/C22H25N3O/c1-3-8-18(9-4-1)16-21-23-22(26-24-21)17-25-14-7-12-20(13-15-25)19-10-5-2-6-11-19/h1-6,8-11,20H,7,12-17H2. The maximum atomic E-state index is 5.49. The van der Waals surface area contributed by atoms with E-state index < -0.39 is 0 Å². The van der Waals surface area contributed by atoms with E-state index in [4.69, 9.17) is 4.52 Å². The second-order valence-corrected chi connectivity index (χ2v) is 7.08. The fraction of sp³-hybridized carbons (Fsp3) is 0.364. The number of nitrogens with zero attached hydrogens (tertiary/aromatic N) is 3. The fourth-order valence-corrected chi connectivity index (χ4v) is 3.77. The molecule has 4 nitrogen and oxygen atoms in total. The van der Waals surface area contributed by atoms with Gasteiger partial charge in [0.25, 0.3) is 0 Å². The fourth-order valence-electron chi connectivity index (χ4n) is 3.77. The van der Waals surface area contributed by atoms with E-state index in [1.54, 1.807) is 0 Å². The highest BCUT2D eigenvalue weighted by molar-refractivity contribution is 5.20. The van der Waals surface area contributed by atoms with Gasteiger partial charge in [-0.3, -0.25) is 4.90 Å². The van der Waals surface area contributed by atoms with Crippen LogP contribution >= 0.6 is 0 Å². The van der Waals surface area contributed by atoms with Crippen LogP contribution in [0.4, 0.5) is 0 Å². The van der Waals surface area contributed by atoms with Gasteiger partial charge in [-0.25, -0.2) is 0 Å². The second kappa shape index (κ2) is 8.28. The Kier molecular flexibility index (Phi) is 5.41. The van der Waals surface area contributed by atoms with Crippen LogP contribution in [0.25, 0.3) is 0 Å². The Bertz CT molecular complexity index is 801. The van der Waals surface area contributed by atoms with Crippen molar-refractivity contribution in [2.24, 2.45) is 0 Å². The van der Waals surface area contributed by atoms with Crippen LogP contribution in [-0.4, -0.2) is 28.1 Å². The summed E-state index contributed by atoms with van der Waals surface area (Å²) in [5, 5.41) is 4.15. The molecule has 1 atom stereocenters. The topological polar surface area (TPSA) is 42.2 Å². The maximum absolute atomic E-state index is 5.49. The molecule has 3 aromatic rings.